The Morgan fingerprint density at radius 2 is 1.92 bits per heavy atom. The maximum atomic E-state index is 14.1. The summed E-state index contributed by atoms with van der Waals surface area (Å²) in [6.45, 7) is 0. The van der Waals surface area contributed by atoms with Crippen molar-refractivity contribution < 1.29 is 19.0 Å². The lowest BCUT2D eigenvalue weighted by atomic mass is 9.80. The first-order valence-corrected chi connectivity index (χ1v) is 8.82. The van der Waals surface area contributed by atoms with E-state index in [2.05, 4.69) is 4.98 Å². The lowest BCUT2D eigenvalue weighted by molar-refractivity contribution is -0.0504. The molecule has 2 fully saturated rings. The van der Waals surface area contributed by atoms with E-state index in [1.165, 1.54) is 6.20 Å². The van der Waals surface area contributed by atoms with Gasteiger partial charge in [0.15, 0.2) is 0 Å². The van der Waals surface area contributed by atoms with Crippen LogP contribution >= 0.6 is 0 Å². The fraction of sp³-hybridized carbons (Fsp3) is 0.400. The number of carbonyl (C=O) groups is 1. The van der Waals surface area contributed by atoms with Crippen molar-refractivity contribution in [2.45, 2.75) is 43.4 Å². The SMILES string of the molecule is COc1ccccc1C(=O)N1[C@@H]2CC[C@@H]1CC(O)(c1cccnc1F)C2. The van der Waals surface area contributed by atoms with E-state index >= 15 is 0 Å². The van der Waals surface area contributed by atoms with Gasteiger partial charge in [0.2, 0.25) is 5.95 Å². The third-order valence-corrected chi connectivity index (χ3v) is 5.60. The Balaban J connectivity index is 1.63. The predicted molar refractivity (Wildman–Crippen MR) is 93.3 cm³/mol. The van der Waals surface area contributed by atoms with E-state index in [-0.39, 0.29) is 23.6 Å². The zero-order valence-corrected chi connectivity index (χ0v) is 14.6. The number of aromatic nitrogens is 1. The van der Waals surface area contributed by atoms with Gasteiger partial charge in [-0.15, -0.1) is 0 Å². The molecule has 1 aromatic carbocycles. The van der Waals surface area contributed by atoms with Crippen molar-refractivity contribution in [3.05, 3.63) is 59.7 Å². The standard InChI is InChI=1S/C20H21FN2O3/c1-26-17-7-3-2-5-15(17)19(24)23-13-8-9-14(23)12-20(25,11-13)16-6-4-10-22-18(16)21/h2-7,10,13-14,25H,8-9,11-12H2,1H3/t13-,14-/m1/s1. The second-order valence-corrected chi connectivity index (χ2v) is 7.08. The molecule has 2 aliphatic rings. The fourth-order valence-electron chi connectivity index (χ4n) is 4.47. The Morgan fingerprint density at radius 1 is 1.23 bits per heavy atom. The molecule has 1 N–H and O–H groups in total. The average molecular weight is 356 g/mol. The summed E-state index contributed by atoms with van der Waals surface area (Å²) >= 11 is 0. The van der Waals surface area contributed by atoms with Crippen LogP contribution < -0.4 is 4.74 Å². The molecule has 3 heterocycles. The minimum atomic E-state index is -1.29. The van der Waals surface area contributed by atoms with Crippen LogP contribution in [0.2, 0.25) is 0 Å². The fourth-order valence-corrected chi connectivity index (χ4v) is 4.47. The Morgan fingerprint density at radius 3 is 2.58 bits per heavy atom. The van der Waals surface area contributed by atoms with Crippen molar-refractivity contribution in [3.8, 4) is 5.75 Å². The maximum absolute atomic E-state index is 14.1. The normalized spacial score (nSPS) is 27.4. The highest BCUT2D eigenvalue weighted by atomic mass is 19.1. The Kier molecular flexibility index (Phi) is 4.15. The van der Waals surface area contributed by atoms with Crippen LogP contribution in [0.5, 0.6) is 5.75 Å². The van der Waals surface area contributed by atoms with Crippen LogP contribution in [-0.2, 0) is 5.60 Å². The van der Waals surface area contributed by atoms with Crippen LogP contribution in [0.25, 0.3) is 0 Å². The minimum Gasteiger partial charge on any atom is -0.496 e. The van der Waals surface area contributed by atoms with Crippen LogP contribution in [0.4, 0.5) is 4.39 Å². The molecule has 0 unspecified atom stereocenters. The van der Waals surface area contributed by atoms with Gasteiger partial charge in [0.25, 0.3) is 5.91 Å². The van der Waals surface area contributed by atoms with Crippen molar-refractivity contribution >= 4 is 5.91 Å². The zero-order valence-electron chi connectivity index (χ0n) is 14.6. The molecule has 2 aliphatic heterocycles. The number of nitrogens with zero attached hydrogens (tertiary/aromatic N) is 2. The minimum absolute atomic E-state index is 0.0938. The topological polar surface area (TPSA) is 62.7 Å². The van der Waals surface area contributed by atoms with Gasteiger partial charge in [-0.3, -0.25) is 4.79 Å². The summed E-state index contributed by atoms with van der Waals surface area (Å²) in [5.74, 6) is -0.196. The number of fused-ring (bicyclic) bond motifs is 2. The molecule has 4 rings (SSSR count). The molecule has 0 radical (unpaired) electrons. The van der Waals surface area contributed by atoms with E-state index in [9.17, 15) is 14.3 Å². The first kappa shape index (κ1) is 17.0. The molecular weight excluding hydrogens is 335 g/mol. The smallest absolute Gasteiger partial charge is 0.258 e. The van der Waals surface area contributed by atoms with Gasteiger partial charge in [-0.05, 0) is 31.0 Å². The molecule has 136 valence electrons. The quantitative estimate of drug-likeness (QED) is 0.859. The second-order valence-electron chi connectivity index (χ2n) is 7.08. The van der Waals surface area contributed by atoms with Gasteiger partial charge < -0.3 is 14.7 Å². The van der Waals surface area contributed by atoms with Crippen LogP contribution in [0, 0.1) is 5.95 Å². The summed E-state index contributed by atoms with van der Waals surface area (Å²) in [7, 11) is 1.54. The van der Waals surface area contributed by atoms with Crippen LogP contribution in [0.15, 0.2) is 42.6 Å². The molecule has 0 saturated carbocycles. The first-order chi connectivity index (χ1) is 12.5. The molecule has 0 aliphatic carbocycles. The maximum Gasteiger partial charge on any atom is 0.258 e. The number of benzene rings is 1. The van der Waals surface area contributed by atoms with Gasteiger partial charge >= 0.3 is 0 Å². The lowest BCUT2D eigenvalue weighted by Crippen LogP contribution is -2.52. The summed E-state index contributed by atoms with van der Waals surface area (Å²) in [6.07, 6.45) is 3.60. The van der Waals surface area contributed by atoms with E-state index < -0.39 is 11.5 Å². The molecule has 6 heteroatoms. The number of carbonyl (C=O) groups excluding carboxylic acids is 1. The van der Waals surface area contributed by atoms with E-state index in [1.54, 1.807) is 31.4 Å². The molecule has 1 amide bonds. The Bertz CT molecular complexity index is 827. The molecule has 1 aromatic heterocycles. The van der Waals surface area contributed by atoms with Crippen molar-refractivity contribution in [2.24, 2.45) is 0 Å². The summed E-state index contributed by atoms with van der Waals surface area (Å²) in [6, 6.07) is 10.1. The summed E-state index contributed by atoms with van der Waals surface area (Å²) < 4.78 is 19.5. The molecule has 5 nitrogen and oxygen atoms in total. The number of amides is 1. The Hall–Kier alpha value is -2.47. The number of rotatable bonds is 3. The summed E-state index contributed by atoms with van der Waals surface area (Å²) in [5.41, 5.74) is -0.548. The van der Waals surface area contributed by atoms with Crippen molar-refractivity contribution in [2.75, 3.05) is 7.11 Å². The number of piperidine rings is 1. The molecular formula is C20H21FN2O3. The van der Waals surface area contributed by atoms with Crippen LogP contribution in [0.3, 0.4) is 0 Å². The second kappa shape index (κ2) is 6.36. The average Bonchev–Trinajstić information content (AvgIpc) is 2.93. The number of hydrogen-bond acceptors (Lipinski definition) is 4. The number of hydrogen-bond donors (Lipinski definition) is 1. The number of ether oxygens (including phenoxy) is 1. The number of para-hydroxylation sites is 1. The number of methoxy groups -OCH3 is 1. The summed E-state index contributed by atoms with van der Waals surface area (Å²) in [5, 5.41) is 11.1. The third-order valence-electron chi connectivity index (χ3n) is 5.60. The van der Waals surface area contributed by atoms with Crippen LogP contribution in [-0.4, -0.2) is 40.1 Å². The van der Waals surface area contributed by atoms with E-state index in [0.29, 0.717) is 24.2 Å². The van der Waals surface area contributed by atoms with Crippen molar-refractivity contribution in [3.63, 3.8) is 0 Å². The van der Waals surface area contributed by atoms with Gasteiger partial charge in [0, 0.05) is 36.7 Å². The van der Waals surface area contributed by atoms with Gasteiger partial charge in [-0.2, -0.15) is 4.39 Å². The number of halogens is 1. The molecule has 0 spiro atoms. The molecule has 26 heavy (non-hydrogen) atoms. The summed E-state index contributed by atoms with van der Waals surface area (Å²) in [4.78, 5) is 18.7. The molecule has 2 atom stereocenters. The van der Waals surface area contributed by atoms with E-state index in [1.807, 2.05) is 17.0 Å². The van der Waals surface area contributed by atoms with E-state index in [4.69, 9.17) is 4.74 Å². The largest absolute Gasteiger partial charge is 0.496 e. The van der Waals surface area contributed by atoms with Crippen LogP contribution in [0.1, 0.15) is 41.6 Å². The van der Waals surface area contributed by atoms with Crippen molar-refractivity contribution in [1.29, 1.82) is 0 Å². The van der Waals surface area contributed by atoms with Gasteiger partial charge in [-0.1, -0.05) is 18.2 Å². The molecule has 2 saturated heterocycles. The highest BCUT2D eigenvalue weighted by Gasteiger charge is 2.51. The van der Waals surface area contributed by atoms with Crippen molar-refractivity contribution in [1.82, 2.24) is 9.88 Å². The number of aliphatic hydroxyl groups is 1. The Labute approximate surface area is 151 Å². The first-order valence-electron chi connectivity index (χ1n) is 8.82. The van der Waals surface area contributed by atoms with Gasteiger partial charge in [0.1, 0.15) is 5.75 Å². The number of pyridine rings is 1. The highest BCUT2D eigenvalue weighted by Crippen LogP contribution is 2.46. The monoisotopic (exact) mass is 356 g/mol. The molecule has 2 aromatic rings. The zero-order chi connectivity index (χ0) is 18.3. The van der Waals surface area contributed by atoms with Gasteiger partial charge in [0.05, 0.1) is 18.3 Å². The third kappa shape index (κ3) is 2.65. The predicted octanol–water partition coefficient (Wildman–Crippen LogP) is 2.88. The highest BCUT2D eigenvalue weighted by molar-refractivity contribution is 5.97. The van der Waals surface area contributed by atoms with Gasteiger partial charge in [-0.25, -0.2) is 4.98 Å². The lowest BCUT2D eigenvalue weighted by Gasteiger charge is -2.44. The van der Waals surface area contributed by atoms with E-state index in [0.717, 1.165) is 12.8 Å². The molecule has 2 bridgehead atoms.